The van der Waals surface area contributed by atoms with Crippen LogP contribution in [0.25, 0.3) is 11.1 Å². The molecule has 2 rings (SSSR count). The number of hydrogen-bond donors (Lipinski definition) is 0. The summed E-state index contributed by atoms with van der Waals surface area (Å²) in [5, 5.41) is 0. The van der Waals surface area contributed by atoms with Crippen LogP contribution in [0.1, 0.15) is 25.0 Å². The van der Waals surface area contributed by atoms with Gasteiger partial charge >= 0.3 is 0 Å². The second-order valence-electron chi connectivity index (χ2n) is 5.77. The Morgan fingerprint density at radius 1 is 0.615 bits per heavy atom. The van der Waals surface area contributed by atoms with Gasteiger partial charge in [-0.3, -0.25) is 0 Å². The molecular formula is C26H26. The van der Waals surface area contributed by atoms with Crippen molar-refractivity contribution in [2.45, 2.75) is 13.8 Å². The lowest BCUT2D eigenvalue weighted by Gasteiger charge is -2.19. The van der Waals surface area contributed by atoms with Crippen LogP contribution in [0, 0.1) is 0 Å². The summed E-state index contributed by atoms with van der Waals surface area (Å²) in [4.78, 5) is 0. The Balaban J connectivity index is 2.62. The fourth-order valence-corrected chi connectivity index (χ4v) is 3.07. The lowest BCUT2D eigenvalue weighted by atomic mass is 9.85. The van der Waals surface area contributed by atoms with Crippen LogP contribution in [0.5, 0.6) is 0 Å². The van der Waals surface area contributed by atoms with Gasteiger partial charge in [0.05, 0.1) is 0 Å². The normalized spacial score (nSPS) is 13.5. The van der Waals surface area contributed by atoms with Crippen LogP contribution >= 0.6 is 0 Å². The minimum Gasteiger partial charge on any atom is -0.0990 e. The second kappa shape index (κ2) is 10.0. The molecule has 0 aromatic heterocycles. The summed E-state index contributed by atoms with van der Waals surface area (Å²) in [7, 11) is 0. The lowest BCUT2D eigenvalue weighted by Crippen LogP contribution is -1.98. The van der Waals surface area contributed by atoms with E-state index < -0.39 is 0 Å². The summed E-state index contributed by atoms with van der Waals surface area (Å²) >= 11 is 0. The Labute approximate surface area is 157 Å². The maximum Gasteiger partial charge on any atom is -0.0109 e. The average Bonchev–Trinajstić information content (AvgIpc) is 2.70. The Bertz CT molecular complexity index is 781. The molecule has 0 aliphatic carbocycles. The first-order valence-corrected chi connectivity index (χ1v) is 8.86. The fraction of sp³-hybridized carbons (Fsp3) is 0.0769. The monoisotopic (exact) mass is 338 g/mol. The number of benzene rings is 2. The van der Waals surface area contributed by atoms with Gasteiger partial charge in [-0.15, -0.1) is 0 Å². The van der Waals surface area contributed by atoms with Crippen molar-refractivity contribution >= 4 is 11.1 Å². The molecule has 0 saturated heterocycles. The van der Waals surface area contributed by atoms with Crippen LogP contribution in [0.3, 0.4) is 0 Å². The minimum atomic E-state index is 1.15. The van der Waals surface area contributed by atoms with Gasteiger partial charge in [0.2, 0.25) is 0 Å². The highest BCUT2D eigenvalue weighted by Crippen LogP contribution is 2.36. The highest BCUT2D eigenvalue weighted by Gasteiger charge is 2.15. The number of allylic oxidation sites excluding steroid dienone is 10. The van der Waals surface area contributed by atoms with E-state index in [1.165, 1.54) is 22.3 Å². The van der Waals surface area contributed by atoms with E-state index in [-0.39, 0.29) is 0 Å². The molecule has 0 heteroatoms. The molecule has 2 aromatic carbocycles. The summed E-state index contributed by atoms with van der Waals surface area (Å²) in [6, 6.07) is 20.8. The predicted molar refractivity (Wildman–Crippen MR) is 117 cm³/mol. The smallest absolute Gasteiger partial charge is 0.0109 e. The van der Waals surface area contributed by atoms with E-state index in [9.17, 15) is 0 Å². The Morgan fingerprint density at radius 2 is 0.962 bits per heavy atom. The maximum absolute atomic E-state index is 3.91. The molecule has 26 heavy (non-hydrogen) atoms. The summed E-state index contributed by atoms with van der Waals surface area (Å²) < 4.78 is 0. The molecule has 0 nitrogen and oxygen atoms in total. The SMILES string of the molecule is C=C/C=C(C(=C/C)/C(=C\C)C(=C/C=C)/c1ccccc1)\c1ccccc1. The molecule has 0 fully saturated rings. The third kappa shape index (κ3) is 4.49. The largest absolute Gasteiger partial charge is 0.0990 e. The Hall–Kier alpha value is -3.12. The van der Waals surface area contributed by atoms with Gasteiger partial charge in [0, 0.05) is 0 Å². The zero-order chi connectivity index (χ0) is 18.8. The number of hydrogen-bond acceptors (Lipinski definition) is 0. The Kier molecular flexibility index (Phi) is 7.39. The molecule has 0 amide bonds. The molecule has 130 valence electrons. The standard InChI is InChI=1S/C26H26/c1-5-15-25(21-17-11-9-12-18-21)23(7-3)24(8-4)26(16-6-2)22-19-13-10-14-20-22/h5-20H,1-2H2,3-4H3/b23-7+,24-8+,25-15+,26-16+. The third-order valence-electron chi connectivity index (χ3n) is 4.19. The highest BCUT2D eigenvalue weighted by atomic mass is 14.2. The first-order chi connectivity index (χ1) is 12.8. The van der Waals surface area contributed by atoms with Crippen molar-refractivity contribution in [3.8, 4) is 0 Å². The van der Waals surface area contributed by atoms with Crippen molar-refractivity contribution in [2.24, 2.45) is 0 Å². The van der Waals surface area contributed by atoms with Crippen molar-refractivity contribution in [1.82, 2.24) is 0 Å². The van der Waals surface area contributed by atoms with E-state index in [0.29, 0.717) is 0 Å². The molecule has 2 aromatic rings. The van der Waals surface area contributed by atoms with Crippen LogP contribution in [0.4, 0.5) is 0 Å². The maximum atomic E-state index is 3.91. The number of rotatable bonds is 7. The van der Waals surface area contributed by atoms with Gasteiger partial charge < -0.3 is 0 Å². The van der Waals surface area contributed by atoms with Crippen LogP contribution in [0.2, 0.25) is 0 Å². The lowest BCUT2D eigenvalue weighted by molar-refractivity contribution is 1.45. The molecule has 0 heterocycles. The summed E-state index contributed by atoms with van der Waals surface area (Å²) in [6.07, 6.45) is 12.2. The van der Waals surface area contributed by atoms with E-state index in [1.54, 1.807) is 0 Å². The summed E-state index contributed by atoms with van der Waals surface area (Å²) in [5.74, 6) is 0. The van der Waals surface area contributed by atoms with Crippen molar-refractivity contribution in [2.75, 3.05) is 0 Å². The van der Waals surface area contributed by atoms with Gasteiger partial charge in [0.1, 0.15) is 0 Å². The molecule has 0 bridgehead atoms. The molecule has 0 spiro atoms. The second-order valence-corrected chi connectivity index (χ2v) is 5.77. The quantitative estimate of drug-likeness (QED) is 0.461. The van der Waals surface area contributed by atoms with Gasteiger partial charge in [-0.1, -0.05) is 110 Å². The molecule has 0 aliphatic heterocycles. The van der Waals surface area contributed by atoms with Crippen LogP contribution in [0.15, 0.2) is 121 Å². The van der Waals surface area contributed by atoms with Crippen molar-refractivity contribution < 1.29 is 0 Å². The molecule has 0 saturated carbocycles. The first kappa shape index (κ1) is 19.2. The van der Waals surface area contributed by atoms with Crippen molar-refractivity contribution in [3.63, 3.8) is 0 Å². The zero-order valence-corrected chi connectivity index (χ0v) is 15.7. The Morgan fingerprint density at radius 3 is 1.23 bits per heavy atom. The third-order valence-corrected chi connectivity index (χ3v) is 4.19. The van der Waals surface area contributed by atoms with Crippen molar-refractivity contribution in [3.05, 3.63) is 133 Å². The molecule has 0 atom stereocenters. The van der Waals surface area contributed by atoms with Gasteiger partial charge in [-0.2, -0.15) is 0 Å². The van der Waals surface area contributed by atoms with E-state index in [1.807, 2.05) is 24.3 Å². The molecular weight excluding hydrogens is 312 g/mol. The van der Waals surface area contributed by atoms with Gasteiger partial charge in [-0.05, 0) is 47.3 Å². The minimum absolute atomic E-state index is 1.15. The van der Waals surface area contributed by atoms with E-state index >= 15 is 0 Å². The van der Waals surface area contributed by atoms with Crippen LogP contribution < -0.4 is 0 Å². The van der Waals surface area contributed by atoms with Gasteiger partial charge in [-0.25, -0.2) is 0 Å². The molecule has 0 unspecified atom stereocenters. The first-order valence-electron chi connectivity index (χ1n) is 8.86. The molecule has 0 aliphatic rings. The van der Waals surface area contributed by atoms with E-state index in [4.69, 9.17) is 0 Å². The average molecular weight is 338 g/mol. The highest BCUT2D eigenvalue weighted by molar-refractivity contribution is 5.95. The van der Waals surface area contributed by atoms with E-state index in [2.05, 4.69) is 99.8 Å². The summed E-state index contributed by atoms with van der Waals surface area (Å²) in [5.41, 5.74) is 7.01. The van der Waals surface area contributed by atoms with Crippen molar-refractivity contribution in [1.29, 1.82) is 0 Å². The molecule has 0 radical (unpaired) electrons. The molecule has 0 N–H and O–H groups in total. The summed E-state index contributed by atoms with van der Waals surface area (Å²) in [6.45, 7) is 12.0. The fourth-order valence-electron chi connectivity index (χ4n) is 3.07. The van der Waals surface area contributed by atoms with Gasteiger partial charge in [0.25, 0.3) is 0 Å². The van der Waals surface area contributed by atoms with Crippen LogP contribution in [-0.4, -0.2) is 0 Å². The van der Waals surface area contributed by atoms with Crippen LogP contribution in [-0.2, 0) is 0 Å². The predicted octanol–water partition coefficient (Wildman–Crippen LogP) is 7.42. The van der Waals surface area contributed by atoms with E-state index in [0.717, 1.165) is 11.1 Å². The van der Waals surface area contributed by atoms with Gasteiger partial charge in [0.15, 0.2) is 0 Å². The topological polar surface area (TPSA) is 0 Å². The zero-order valence-electron chi connectivity index (χ0n) is 15.7.